The molecule has 2 aromatic carbocycles. The molecule has 4 aromatic rings. The lowest BCUT2D eigenvalue weighted by molar-refractivity contribution is 0.827. The number of hydrogen-bond donors (Lipinski definition) is 1. The van der Waals surface area contributed by atoms with Crippen molar-refractivity contribution in [2.24, 2.45) is 10.2 Å². The molecule has 0 atom stereocenters. The summed E-state index contributed by atoms with van der Waals surface area (Å²) in [4.78, 5) is 17.5. The minimum absolute atomic E-state index is 0.233. The zero-order chi connectivity index (χ0) is 21.4. The molecular weight excluding hydrogens is 666 g/mol. The van der Waals surface area contributed by atoms with Crippen molar-refractivity contribution < 1.29 is 0 Å². The summed E-state index contributed by atoms with van der Waals surface area (Å²) >= 11 is 15.1. The Morgan fingerprint density at radius 3 is 2.27 bits per heavy atom. The summed E-state index contributed by atoms with van der Waals surface area (Å²) in [6, 6.07) is 11.6. The van der Waals surface area contributed by atoms with E-state index in [0.717, 1.165) is 29.1 Å². The van der Waals surface area contributed by atoms with Crippen molar-refractivity contribution >= 4 is 86.4 Å². The van der Waals surface area contributed by atoms with Crippen molar-refractivity contribution in [3.8, 4) is 16.4 Å². The van der Waals surface area contributed by atoms with E-state index in [-0.39, 0.29) is 11.2 Å². The maximum Gasteiger partial charge on any atom is 0.301 e. The maximum atomic E-state index is 12.9. The molecule has 0 spiro atoms. The van der Waals surface area contributed by atoms with E-state index in [0.29, 0.717) is 16.5 Å². The first kappa shape index (κ1) is 21.8. The normalized spacial score (nSPS) is 11.5. The Labute approximate surface area is 209 Å². The summed E-state index contributed by atoms with van der Waals surface area (Å²) in [7, 11) is 0. The summed E-state index contributed by atoms with van der Waals surface area (Å²) in [6.07, 6.45) is 0. The van der Waals surface area contributed by atoms with Crippen molar-refractivity contribution in [2.75, 3.05) is 0 Å². The van der Waals surface area contributed by atoms with Crippen LogP contribution in [0, 0.1) is 6.92 Å². The van der Waals surface area contributed by atoms with Gasteiger partial charge in [0, 0.05) is 28.8 Å². The number of nitrogens with one attached hydrogen (secondary N) is 1. The molecule has 0 fully saturated rings. The molecule has 2 aromatic heterocycles. The maximum absolute atomic E-state index is 12.9. The molecule has 0 aliphatic heterocycles. The number of thiazole rings is 1. The zero-order valence-electron chi connectivity index (χ0n) is 15.2. The Kier molecular flexibility index (Phi) is 6.54. The summed E-state index contributed by atoms with van der Waals surface area (Å²) in [5.41, 5.74) is 2.90. The van der Waals surface area contributed by atoms with Crippen LogP contribution < -0.4 is 5.56 Å². The number of azo groups is 1. The summed E-state index contributed by atoms with van der Waals surface area (Å²) < 4.78 is 4.78. The summed E-state index contributed by atoms with van der Waals surface area (Å²) in [5.74, 6) is 0. The molecule has 0 amide bonds. The lowest BCUT2D eigenvalue weighted by atomic mass is 10.2. The lowest BCUT2D eigenvalue weighted by Gasteiger charge is -2.01. The SMILES string of the molecule is Cc1[nH]n(-c2nc(-c3ccc(Br)cc3)cs2)c(=O)c1N=Nc1c(Br)cc(Br)cc1Br. The van der Waals surface area contributed by atoms with Crippen molar-refractivity contribution in [1.29, 1.82) is 0 Å². The molecule has 2 heterocycles. The fraction of sp³-hybridized carbons (Fsp3) is 0.0526. The molecule has 0 saturated carbocycles. The third kappa shape index (κ3) is 4.45. The Balaban J connectivity index is 1.68. The van der Waals surface area contributed by atoms with Crippen LogP contribution in [0.15, 0.2) is 74.7 Å². The van der Waals surface area contributed by atoms with Crippen LogP contribution in [0.25, 0.3) is 16.4 Å². The van der Waals surface area contributed by atoms with Crippen LogP contribution >= 0.6 is 75.1 Å². The van der Waals surface area contributed by atoms with E-state index in [1.807, 2.05) is 41.8 Å². The molecule has 0 bridgehead atoms. The van der Waals surface area contributed by atoms with E-state index in [9.17, 15) is 4.79 Å². The van der Waals surface area contributed by atoms with Crippen molar-refractivity contribution in [3.63, 3.8) is 0 Å². The van der Waals surface area contributed by atoms with Crippen LogP contribution in [-0.2, 0) is 0 Å². The van der Waals surface area contributed by atoms with E-state index < -0.39 is 0 Å². The molecule has 0 aliphatic carbocycles. The standard InChI is InChI=1S/C19H11Br4N5OS/c1-9-16(25-26-17-13(22)6-12(21)7-14(17)23)18(29)28(27-9)19-24-15(8-30-19)10-2-4-11(20)5-3-10/h2-8,27H,1H3. The van der Waals surface area contributed by atoms with Gasteiger partial charge in [0.25, 0.3) is 0 Å². The number of aromatic amines is 1. The third-order valence-corrected chi connectivity index (χ3v) is 7.12. The molecule has 30 heavy (non-hydrogen) atoms. The second-order valence-electron chi connectivity index (χ2n) is 6.17. The van der Waals surface area contributed by atoms with E-state index in [1.54, 1.807) is 6.92 Å². The van der Waals surface area contributed by atoms with Gasteiger partial charge in [0.2, 0.25) is 5.13 Å². The first-order valence-corrected chi connectivity index (χ1v) is 12.5. The molecule has 0 aliphatic rings. The molecule has 0 saturated heterocycles. The van der Waals surface area contributed by atoms with Crippen molar-refractivity contribution in [3.05, 3.63) is 75.7 Å². The smallest absolute Gasteiger partial charge is 0.291 e. The molecule has 4 rings (SSSR count). The Bertz CT molecular complexity index is 1300. The predicted molar refractivity (Wildman–Crippen MR) is 134 cm³/mol. The van der Waals surface area contributed by atoms with Gasteiger partial charge in [0.05, 0.1) is 11.4 Å². The number of aromatic nitrogens is 3. The highest BCUT2D eigenvalue weighted by Crippen LogP contribution is 2.37. The van der Waals surface area contributed by atoms with E-state index in [4.69, 9.17) is 0 Å². The number of hydrogen-bond acceptors (Lipinski definition) is 5. The van der Waals surface area contributed by atoms with E-state index in [1.165, 1.54) is 16.0 Å². The number of H-pyrrole nitrogens is 1. The molecule has 0 radical (unpaired) electrons. The largest absolute Gasteiger partial charge is 0.301 e. The Morgan fingerprint density at radius 1 is 0.967 bits per heavy atom. The zero-order valence-corrected chi connectivity index (χ0v) is 22.3. The number of rotatable bonds is 4. The van der Waals surface area contributed by atoms with Gasteiger partial charge in [-0.1, -0.05) is 44.0 Å². The van der Waals surface area contributed by atoms with Gasteiger partial charge < -0.3 is 0 Å². The van der Waals surface area contributed by atoms with Crippen LogP contribution in [-0.4, -0.2) is 14.8 Å². The van der Waals surface area contributed by atoms with Gasteiger partial charge in [-0.15, -0.1) is 21.6 Å². The fourth-order valence-electron chi connectivity index (χ4n) is 2.64. The molecule has 152 valence electrons. The van der Waals surface area contributed by atoms with Crippen molar-refractivity contribution in [1.82, 2.24) is 14.8 Å². The summed E-state index contributed by atoms with van der Waals surface area (Å²) in [6.45, 7) is 1.78. The molecule has 6 nitrogen and oxygen atoms in total. The van der Waals surface area contributed by atoms with Gasteiger partial charge in [-0.05, 0) is 63.0 Å². The second kappa shape index (κ2) is 8.99. The minimum Gasteiger partial charge on any atom is -0.291 e. The average molecular weight is 677 g/mol. The second-order valence-corrected chi connectivity index (χ2v) is 10.5. The number of aryl methyl sites for hydroxylation is 1. The van der Waals surface area contributed by atoms with Gasteiger partial charge in [0.1, 0.15) is 5.69 Å². The highest BCUT2D eigenvalue weighted by atomic mass is 79.9. The monoisotopic (exact) mass is 673 g/mol. The highest BCUT2D eigenvalue weighted by molar-refractivity contribution is 9.11. The summed E-state index contributed by atoms with van der Waals surface area (Å²) in [5, 5.41) is 14.0. The first-order valence-electron chi connectivity index (χ1n) is 8.43. The van der Waals surface area contributed by atoms with Gasteiger partial charge in [-0.3, -0.25) is 9.89 Å². The molecule has 0 unspecified atom stereocenters. The molecule has 1 N–H and O–H groups in total. The van der Waals surface area contributed by atoms with Crippen LogP contribution in [0.4, 0.5) is 11.4 Å². The lowest BCUT2D eigenvalue weighted by Crippen LogP contribution is -2.13. The number of halogens is 4. The van der Waals surface area contributed by atoms with E-state index >= 15 is 0 Å². The number of benzene rings is 2. The van der Waals surface area contributed by atoms with Crippen molar-refractivity contribution in [2.45, 2.75) is 6.92 Å². The first-order chi connectivity index (χ1) is 14.3. The van der Waals surface area contributed by atoms with Crippen LogP contribution in [0.2, 0.25) is 0 Å². The van der Waals surface area contributed by atoms with E-state index in [2.05, 4.69) is 84.0 Å². The molecule has 11 heteroatoms. The third-order valence-electron chi connectivity index (χ3n) is 4.10. The average Bonchev–Trinajstić information content (AvgIpc) is 3.27. The highest BCUT2D eigenvalue weighted by Gasteiger charge is 2.16. The van der Waals surface area contributed by atoms with Gasteiger partial charge >= 0.3 is 5.56 Å². The topological polar surface area (TPSA) is 75.4 Å². The van der Waals surface area contributed by atoms with Crippen LogP contribution in [0.1, 0.15) is 5.69 Å². The van der Waals surface area contributed by atoms with Gasteiger partial charge in [-0.25, -0.2) is 4.98 Å². The van der Waals surface area contributed by atoms with Gasteiger partial charge in [-0.2, -0.15) is 4.68 Å². The fourth-order valence-corrected chi connectivity index (χ4v) is 6.11. The Hall–Kier alpha value is -1.40. The minimum atomic E-state index is -0.308. The van der Waals surface area contributed by atoms with Crippen LogP contribution in [0.3, 0.4) is 0 Å². The Morgan fingerprint density at radius 2 is 1.60 bits per heavy atom. The molecular formula is C19H11Br4N5OS. The number of nitrogens with zero attached hydrogens (tertiary/aromatic N) is 4. The van der Waals surface area contributed by atoms with Crippen LogP contribution in [0.5, 0.6) is 0 Å². The van der Waals surface area contributed by atoms with Gasteiger partial charge in [0.15, 0.2) is 5.69 Å². The predicted octanol–water partition coefficient (Wildman–Crippen LogP) is 8.06. The quantitative estimate of drug-likeness (QED) is 0.222.